The summed E-state index contributed by atoms with van der Waals surface area (Å²) in [5.74, 6) is -1.25. The molecular formula is C33H25N3O6S2. The minimum absolute atomic E-state index is 0.228. The fourth-order valence-electron chi connectivity index (χ4n) is 5.77. The summed E-state index contributed by atoms with van der Waals surface area (Å²) < 4.78 is 11.1. The lowest BCUT2D eigenvalue weighted by Crippen LogP contribution is -2.32. The van der Waals surface area contributed by atoms with E-state index in [0.717, 1.165) is 22.1 Å². The summed E-state index contributed by atoms with van der Waals surface area (Å²) in [6, 6.07) is 27.5. The molecule has 3 amide bonds. The van der Waals surface area contributed by atoms with Gasteiger partial charge < -0.3 is 19.8 Å². The number of benzene rings is 4. The molecule has 1 aromatic heterocycles. The van der Waals surface area contributed by atoms with E-state index in [1.807, 2.05) is 48.5 Å². The average molecular weight is 624 g/mol. The number of rotatable bonds is 7. The van der Waals surface area contributed by atoms with Crippen molar-refractivity contribution >= 4 is 63.0 Å². The van der Waals surface area contributed by atoms with Gasteiger partial charge in [0.05, 0.1) is 23.7 Å². The van der Waals surface area contributed by atoms with E-state index >= 15 is 0 Å². The molecule has 0 aliphatic carbocycles. The number of amides is 3. The molecule has 44 heavy (non-hydrogen) atoms. The van der Waals surface area contributed by atoms with Crippen LogP contribution in [0.25, 0.3) is 10.8 Å². The number of imide groups is 1. The maximum Gasteiger partial charge on any atom is 0.305 e. The summed E-state index contributed by atoms with van der Waals surface area (Å²) in [7, 11) is 1.55. The van der Waals surface area contributed by atoms with Crippen molar-refractivity contribution in [1.82, 2.24) is 4.98 Å². The maximum absolute atomic E-state index is 14.0. The number of fused-ring (bicyclic) bond motifs is 3. The molecule has 1 saturated heterocycles. The Hall–Kier alpha value is -4.87. The standard InChI is InChI=1S/C33H25N3O6S2/c1-41-23-13-11-22(12-14-23)36-31(38)27-26(28-30(35-33(40)44-28)43-29(27)32(36)39)20-7-4-8-24(16-20)42-17-25(37)34-21-10-9-18-5-2-3-6-19(18)15-21/h2-16,26-27,29H,17H2,1H3,(H,34,37)(H,35,40)/t26-,27?,29?/m1/s1. The molecule has 9 nitrogen and oxygen atoms in total. The van der Waals surface area contributed by atoms with Crippen LogP contribution in [-0.2, 0) is 14.4 Å². The Bertz CT molecular complexity index is 1990. The Morgan fingerprint density at radius 3 is 2.48 bits per heavy atom. The Morgan fingerprint density at radius 2 is 1.68 bits per heavy atom. The number of hydrogen-bond acceptors (Lipinski definition) is 8. The van der Waals surface area contributed by atoms with Gasteiger partial charge in [-0.3, -0.25) is 19.2 Å². The molecule has 2 N–H and O–H groups in total. The lowest BCUT2D eigenvalue weighted by molar-refractivity contribution is -0.122. The van der Waals surface area contributed by atoms with Crippen LogP contribution in [0.4, 0.5) is 11.4 Å². The van der Waals surface area contributed by atoms with Crippen LogP contribution in [0.5, 0.6) is 11.5 Å². The second-order valence-corrected chi connectivity index (χ2v) is 12.6. The number of thiazole rings is 1. The summed E-state index contributed by atoms with van der Waals surface area (Å²) in [6.07, 6.45) is 0. The molecule has 3 heterocycles. The highest BCUT2D eigenvalue weighted by atomic mass is 32.2. The lowest BCUT2D eigenvalue weighted by Gasteiger charge is -2.30. The Labute approximate surface area is 259 Å². The zero-order chi connectivity index (χ0) is 30.4. The molecule has 0 spiro atoms. The van der Waals surface area contributed by atoms with Gasteiger partial charge in [-0.2, -0.15) is 0 Å². The van der Waals surface area contributed by atoms with E-state index < -0.39 is 17.1 Å². The van der Waals surface area contributed by atoms with Crippen LogP contribution in [0, 0.1) is 5.92 Å². The highest BCUT2D eigenvalue weighted by molar-refractivity contribution is 8.00. The van der Waals surface area contributed by atoms with Gasteiger partial charge in [-0.25, -0.2) is 4.90 Å². The van der Waals surface area contributed by atoms with Crippen molar-refractivity contribution in [3.8, 4) is 11.5 Å². The molecule has 5 aromatic rings. The number of nitrogens with one attached hydrogen (secondary N) is 2. The van der Waals surface area contributed by atoms with Crippen LogP contribution >= 0.6 is 23.1 Å². The second-order valence-electron chi connectivity index (χ2n) is 10.4. The average Bonchev–Trinajstić information content (AvgIpc) is 3.54. The molecule has 7 rings (SSSR count). The van der Waals surface area contributed by atoms with E-state index in [4.69, 9.17) is 9.47 Å². The van der Waals surface area contributed by atoms with Gasteiger partial charge in [-0.05, 0) is 64.9 Å². The zero-order valence-corrected chi connectivity index (χ0v) is 24.9. The molecule has 0 bridgehead atoms. The van der Waals surface area contributed by atoms with Gasteiger partial charge in [0, 0.05) is 16.5 Å². The number of carbonyl (C=O) groups excluding carboxylic acids is 3. The SMILES string of the molecule is COc1ccc(N2C(=O)C3Sc4[nH]c(=O)sc4[C@H](c4cccc(OCC(=O)Nc5ccc6ccccc6c5)c4)C3C2=O)cc1. The summed E-state index contributed by atoms with van der Waals surface area (Å²) in [5, 5.41) is 4.83. The summed E-state index contributed by atoms with van der Waals surface area (Å²) in [5.41, 5.74) is 1.83. The quantitative estimate of drug-likeness (QED) is 0.233. The fourth-order valence-corrected chi connectivity index (χ4v) is 8.29. The number of methoxy groups -OCH3 is 1. The number of ether oxygens (including phenoxy) is 2. The molecule has 2 aliphatic rings. The summed E-state index contributed by atoms with van der Waals surface area (Å²) >= 11 is 2.26. The molecular weight excluding hydrogens is 599 g/mol. The van der Waals surface area contributed by atoms with Crippen molar-refractivity contribution in [3.63, 3.8) is 0 Å². The van der Waals surface area contributed by atoms with Crippen molar-refractivity contribution in [2.24, 2.45) is 5.92 Å². The minimum atomic E-state index is -0.736. The van der Waals surface area contributed by atoms with Gasteiger partial charge in [-0.15, -0.1) is 0 Å². The maximum atomic E-state index is 14.0. The van der Waals surface area contributed by atoms with Gasteiger partial charge in [0.25, 0.3) is 5.91 Å². The highest BCUT2D eigenvalue weighted by Gasteiger charge is 2.56. The molecule has 4 aromatic carbocycles. The van der Waals surface area contributed by atoms with E-state index in [1.54, 1.807) is 49.6 Å². The first kappa shape index (κ1) is 27.9. The Kier molecular flexibility index (Phi) is 7.19. The number of nitrogens with zero attached hydrogens (tertiary/aromatic N) is 1. The molecule has 11 heteroatoms. The van der Waals surface area contributed by atoms with Gasteiger partial charge >= 0.3 is 4.87 Å². The molecule has 2 unspecified atom stereocenters. The van der Waals surface area contributed by atoms with E-state index in [0.29, 0.717) is 38.3 Å². The predicted molar refractivity (Wildman–Crippen MR) is 170 cm³/mol. The van der Waals surface area contributed by atoms with Crippen LogP contribution in [0.2, 0.25) is 0 Å². The number of carbonyl (C=O) groups is 3. The van der Waals surface area contributed by atoms with Crippen LogP contribution in [-0.4, -0.2) is 41.7 Å². The number of H-pyrrole nitrogens is 1. The third-order valence-corrected chi connectivity index (χ3v) is 10.2. The molecule has 1 fully saturated rings. The van der Waals surface area contributed by atoms with Gasteiger partial charge in [0.15, 0.2) is 6.61 Å². The van der Waals surface area contributed by atoms with E-state index in [-0.39, 0.29) is 29.2 Å². The monoisotopic (exact) mass is 623 g/mol. The van der Waals surface area contributed by atoms with Gasteiger partial charge in [0.2, 0.25) is 11.8 Å². The Balaban J connectivity index is 1.14. The fraction of sp³-hybridized carbons (Fsp3) is 0.152. The molecule has 0 saturated carbocycles. The summed E-state index contributed by atoms with van der Waals surface area (Å²) in [6.45, 7) is -0.228. The second kappa shape index (κ2) is 11.3. The third kappa shape index (κ3) is 5.03. The first-order valence-electron chi connectivity index (χ1n) is 13.8. The number of aromatic amines is 1. The molecule has 2 aliphatic heterocycles. The van der Waals surface area contributed by atoms with Crippen LogP contribution in [0.15, 0.2) is 101 Å². The van der Waals surface area contributed by atoms with E-state index in [2.05, 4.69) is 10.3 Å². The molecule has 220 valence electrons. The smallest absolute Gasteiger partial charge is 0.305 e. The molecule has 3 atom stereocenters. The van der Waals surface area contributed by atoms with Gasteiger partial charge in [0.1, 0.15) is 16.7 Å². The predicted octanol–water partition coefficient (Wildman–Crippen LogP) is 5.41. The zero-order valence-electron chi connectivity index (χ0n) is 23.3. The number of aromatic nitrogens is 1. The summed E-state index contributed by atoms with van der Waals surface area (Å²) in [4.78, 5) is 57.3. The van der Waals surface area contributed by atoms with E-state index in [9.17, 15) is 19.2 Å². The highest BCUT2D eigenvalue weighted by Crippen LogP contribution is 2.53. The Morgan fingerprint density at radius 1 is 0.886 bits per heavy atom. The van der Waals surface area contributed by atoms with Gasteiger partial charge in [-0.1, -0.05) is 65.6 Å². The number of hydrogen-bond donors (Lipinski definition) is 2. The first-order chi connectivity index (χ1) is 21.4. The van der Waals surface area contributed by atoms with Crippen molar-refractivity contribution < 1.29 is 23.9 Å². The van der Waals surface area contributed by atoms with Crippen molar-refractivity contribution in [2.75, 3.05) is 23.9 Å². The van der Waals surface area contributed by atoms with Crippen LogP contribution < -0.4 is 24.6 Å². The topological polar surface area (TPSA) is 118 Å². The number of thioether (sulfide) groups is 1. The minimum Gasteiger partial charge on any atom is -0.497 e. The lowest BCUT2D eigenvalue weighted by atomic mass is 9.83. The largest absolute Gasteiger partial charge is 0.497 e. The van der Waals surface area contributed by atoms with Crippen molar-refractivity contribution in [2.45, 2.75) is 16.2 Å². The molecule has 0 radical (unpaired) electrons. The first-order valence-corrected chi connectivity index (χ1v) is 15.5. The van der Waals surface area contributed by atoms with Crippen molar-refractivity contribution in [1.29, 1.82) is 0 Å². The van der Waals surface area contributed by atoms with E-state index in [1.165, 1.54) is 16.7 Å². The van der Waals surface area contributed by atoms with Crippen LogP contribution in [0.1, 0.15) is 16.4 Å². The van der Waals surface area contributed by atoms with Crippen LogP contribution in [0.3, 0.4) is 0 Å². The van der Waals surface area contributed by atoms with Crippen molar-refractivity contribution in [3.05, 3.63) is 111 Å². The number of anilines is 2. The normalized spacial score (nSPS) is 19.0. The third-order valence-electron chi connectivity index (χ3n) is 7.77.